The van der Waals surface area contributed by atoms with Gasteiger partial charge in [-0.1, -0.05) is 36.9 Å². The van der Waals surface area contributed by atoms with Crippen molar-refractivity contribution < 1.29 is 14.6 Å². The summed E-state index contributed by atoms with van der Waals surface area (Å²) >= 11 is 0. The second kappa shape index (κ2) is 4.42. The minimum absolute atomic E-state index is 0.280. The fourth-order valence-electron chi connectivity index (χ4n) is 0.883. The molecule has 0 fully saturated rings. The molecule has 0 saturated heterocycles. The van der Waals surface area contributed by atoms with E-state index in [4.69, 9.17) is 0 Å². The highest BCUT2D eigenvalue weighted by molar-refractivity contribution is 6.15. The normalized spacial score (nSPS) is 9.31. The summed E-state index contributed by atoms with van der Waals surface area (Å²) in [6.07, 6.45) is 0. The van der Waals surface area contributed by atoms with E-state index < -0.39 is 5.97 Å². The van der Waals surface area contributed by atoms with Crippen molar-refractivity contribution >= 4 is 11.5 Å². The van der Waals surface area contributed by atoms with Crippen LogP contribution in [0.1, 0.15) is 5.56 Å². The molecule has 0 bridgehead atoms. The Kier molecular flexibility index (Phi) is 3.23. The second-order valence-corrected chi connectivity index (χ2v) is 2.38. The van der Waals surface area contributed by atoms with Crippen LogP contribution in [-0.4, -0.2) is 13.1 Å². The molecule has 0 amide bonds. The molecule has 0 unspecified atom stereocenters. The first-order chi connectivity index (χ1) is 6.25. The summed E-state index contributed by atoms with van der Waals surface area (Å²) in [5.74, 6) is -0.575. The average Bonchev–Trinajstić information content (AvgIpc) is 2.18. The van der Waals surface area contributed by atoms with Gasteiger partial charge in [-0.05, 0) is 5.56 Å². The van der Waals surface area contributed by atoms with Crippen LogP contribution in [0.4, 0.5) is 0 Å². The molecule has 1 aromatic carbocycles. The molecule has 0 atom stereocenters. The van der Waals surface area contributed by atoms with Gasteiger partial charge in [0.05, 0.1) is 12.7 Å². The SMILES string of the molecule is C=C(C(=O)OOC)c1ccccc1. The maximum Gasteiger partial charge on any atom is 0.373 e. The summed E-state index contributed by atoms with van der Waals surface area (Å²) in [5.41, 5.74) is 1.01. The van der Waals surface area contributed by atoms with Crippen molar-refractivity contribution in [3.05, 3.63) is 42.5 Å². The Labute approximate surface area is 76.5 Å². The van der Waals surface area contributed by atoms with E-state index in [1.54, 1.807) is 12.1 Å². The second-order valence-electron chi connectivity index (χ2n) is 2.38. The molecular weight excluding hydrogens is 168 g/mol. The predicted octanol–water partition coefficient (Wildman–Crippen LogP) is 1.80. The number of rotatable bonds is 3. The fourth-order valence-corrected chi connectivity index (χ4v) is 0.883. The van der Waals surface area contributed by atoms with Crippen LogP contribution in [0.25, 0.3) is 5.57 Å². The molecular formula is C10H10O3. The monoisotopic (exact) mass is 178 g/mol. The van der Waals surface area contributed by atoms with E-state index in [2.05, 4.69) is 16.4 Å². The smallest absolute Gasteiger partial charge is 0.293 e. The lowest BCUT2D eigenvalue weighted by Gasteiger charge is -2.02. The van der Waals surface area contributed by atoms with Crippen LogP contribution < -0.4 is 0 Å². The van der Waals surface area contributed by atoms with Gasteiger partial charge < -0.3 is 0 Å². The zero-order valence-electron chi connectivity index (χ0n) is 7.32. The molecule has 3 heteroatoms. The molecule has 0 N–H and O–H groups in total. The van der Waals surface area contributed by atoms with Crippen LogP contribution >= 0.6 is 0 Å². The minimum Gasteiger partial charge on any atom is -0.293 e. The van der Waals surface area contributed by atoms with Crippen LogP contribution in [0.15, 0.2) is 36.9 Å². The van der Waals surface area contributed by atoms with E-state index in [9.17, 15) is 4.79 Å². The van der Waals surface area contributed by atoms with Gasteiger partial charge in [0.1, 0.15) is 0 Å². The largest absolute Gasteiger partial charge is 0.373 e. The highest BCUT2D eigenvalue weighted by Crippen LogP contribution is 2.12. The number of carbonyl (C=O) groups excluding carboxylic acids is 1. The Hall–Kier alpha value is -1.61. The Morgan fingerprint density at radius 1 is 1.31 bits per heavy atom. The summed E-state index contributed by atoms with van der Waals surface area (Å²) in [5, 5.41) is 0. The Balaban J connectivity index is 2.74. The topological polar surface area (TPSA) is 35.5 Å². The van der Waals surface area contributed by atoms with Crippen molar-refractivity contribution in [1.29, 1.82) is 0 Å². The van der Waals surface area contributed by atoms with Crippen LogP contribution in [0.2, 0.25) is 0 Å². The number of benzene rings is 1. The lowest BCUT2D eigenvalue weighted by Crippen LogP contribution is -2.04. The molecule has 13 heavy (non-hydrogen) atoms. The summed E-state index contributed by atoms with van der Waals surface area (Å²) in [6.45, 7) is 3.59. The van der Waals surface area contributed by atoms with Gasteiger partial charge in [0, 0.05) is 0 Å². The Bertz CT molecular complexity index is 303. The lowest BCUT2D eigenvalue weighted by atomic mass is 10.1. The van der Waals surface area contributed by atoms with Gasteiger partial charge in [-0.2, -0.15) is 4.89 Å². The van der Waals surface area contributed by atoms with Gasteiger partial charge in [-0.15, -0.1) is 0 Å². The molecule has 68 valence electrons. The van der Waals surface area contributed by atoms with Crippen molar-refractivity contribution in [3.8, 4) is 0 Å². The zero-order chi connectivity index (χ0) is 9.68. The third-order valence-corrected chi connectivity index (χ3v) is 1.53. The number of carbonyl (C=O) groups is 1. The minimum atomic E-state index is -0.575. The maximum atomic E-state index is 11.1. The van der Waals surface area contributed by atoms with E-state index >= 15 is 0 Å². The van der Waals surface area contributed by atoms with Crippen molar-refractivity contribution in [1.82, 2.24) is 0 Å². The van der Waals surface area contributed by atoms with Gasteiger partial charge in [-0.25, -0.2) is 4.79 Å². The third-order valence-electron chi connectivity index (χ3n) is 1.53. The van der Waals surface area contributed by atoms with Gasteiger partial charge in [0.2, 0.25) is 0 Å². The summed E-state index contributed by atoms with van der Waals surface area (Å²) in [7, 11) is 1.27. The molecule has 0 radical (unpaired) electrons. The molecule has 0 aromatic heterocycles. The molecule has 1 rings (SSSR count). The zero-order valence-corrected chi connectivity index (χ0v) is 7.32. The quantitative estimate of drug-likeness (QED) is 0.402. The standard InChI is InChI=1S/C10H10O3/c1-8(10(11)13-12-2)9-6-4-3-5-7-9/h3-7H,1H2,2H3. The van der Waals surface area contributed by atoms with Crippen LogP contribution in [0, 0.1) is 0 Å². The first-order valence-electron chi connectivity index (χ1n) is 3.75. The van der Waals surface area contributed by atoms with Gasteiger partial charge in [0.25, 0.3) is 0 Å². The fraction of sp³-hybridized carbons (Fsp3) is 0.100. The average molecular weight is 178 g/mol. The van der Waals surface area contributed by atoms with E-state index in [0.29, 0.717) is 0 Å². The molecule has 0 heterocycles. The first kappa shape index (κ1) is 9.48. The van der Waals surface area contributed by atoms with E-state index in [1.807, 2.05) is 18.2 Å². The Morgan fingerprint density at radius 3 is 2.46 bits per heavy atom. The summed E-state index contributed by atoms with van der Waals surface area (Å²) in [4.78, 5) is 19.7. The summed E-state index contributed by atoms with van der Waals surface area (Å²) in [6, 6.07) is 9.05. The molecule has 0 saturated carbocycles. The van der Waals surface area contributed by atoms with Gasteiger partial charge in [0.15, 0.2) is 0 Å². The molecule has 0 aliphatic rings. The number of hydrogen-bond donors (Lipinski definition) is 0. The Morgan fingerprint density at radius 2 is 1.92 bits per heavy atom. The van der Waals surface area contributed by atoms with Crippen LogP contribution in [0.3, 0.4) is 0 Å². The lowest BCUT2D eigenvalue weighted by molar-refractivity contribution is -0.248. The molecule has 0 aliphatic carbocycles. The van der Waals surface area contributed by atoms with E-state index in [0.717, 1.165) is 5.56 Å². The first-order valence-corrected chi connectivity index (χ1v) is 3.75. The van der Waals surface area contributed by atoms with Gasteiger partial charge >= 0.3 is 5.97 Å². The maximum absolute atomic E-state index is 11.1. The van der Waals surface area contributed by atoms with E-state index in [-0.39, 0.29) is 5.57 Å². The molecule has 3 nitrogen and oxygen atoms in total. The van der Waals surface area contributed by atoms with Crippen molar-refractivity contribution in [2.24, 2.45) is 0 Å². The molecule has 0 spiro atoms. The number of hydrogen-bond acceptors (Lipinski definition) is 3. The highest BCUT2D eigenvalue weighted by atomic mass is 17.2. The van der Waals surface area contributed by atoms with Crippen LogP contribution in [0.5, 0.6) is 0 Å². The molecule has 1 aromatic rings. The predicted molar refractivity (Wildman–Crippen MR) is 48.6 cm³/mol. The van der Waals surface area contributed by atoms with Crippen LogP contribution in [-0.2, 0) is 14.6 Å². The molecule has 0 aliphatic heterocycles. The third kappa shape index (κ3) is 2.42. The van der Waals surface area contributed by atoms with Crippen molar-refractivity contribution in [2.45, 2.75) is 0 Å². The highest BCUT2D eigenvalue weighted by Gasteiger charge is 2.10. The van der Waals surface area contributed by atoms with Crippen molar-refractivity contribution in [3.63, 3.8) is 0 Å². The summed E-state index contributed by atoms with van der Waals surface area (Å²) < 4.78 is 0. The van der Waals surface area contributed by atoms with Crippen molar-refractivity contribution in [2.75, 3.05) is 7.11 Å². The van der Waals surface area contributed by atoms with E-state index in [1.165, 1.54) is 7.11 Å². The van der Waals surface area contributed by atoms with Gasteiger partial charge in [-0.3, -0.25) is 4.89 Å².